The molecular weight excluding hydrogens is 447 g/mol. The van der Waals surface area contributed by atoms with Gasteiger partial charge in [0.1, 0.15) is 37.2 Å². The molecule has 31 heavy (non-hydrogen) atoms. The monoisotopic (exact) mass is 464 g/mol. The van der Waals surface area contributed by atoms with E-state index < -0.39 is 30.6 Å². The molecule has 5 atom stereocenters. The zero-order valence-corrected chi connectivity index (χ0v) is 17.6. The number of benzene rings is 1. The van der Waals surface area contributed by atoms with E-state index in [1.54, 1.807) is 12.3 Å². The van der Waals surface area contributed by atoms with Crippen LogP contribution in [0.25, 0.3) is 11.0 Å². The van der Waals surface area contributed by atoms with Crippen molar-refractivity contribution >= 4 is 34.2 Å². The van der Waals surface area contributed by atoms with Gasteiger partial charge >= 0.3 is 0 Å². The molecule has 4 rings (SSSR count). The first-order valence-corrected chi connectivity index (χ1v) is 9.89. The van der Waals surface area contributed by atoms with Gasteiger partial charge in [-0.15, -0.1) is 6.42 Å². The molecule has 0 saturated carbocycles. The number of halogens is 2. The zero-order valence-electron chi connectivity index (χ0n) is 16.1. The molecule has 4 N–H and O–H groups in total. The molecule has 3 heterocycles. The Hall–Kier alpha value is -2.58. The Morgan fingerprint density at radius 3 is 2.77 bits per heavy atom. The zero-order chi connectivity index (χ0) is 22.3. The number of aliphatic hydroxyl groups excluding tert-OH is 3. The summed E-state index contributed by atoms with van der Waals surface area (Å²) in [4.78, 5) is 11.9. The molecule has 0 unspecified atom stereocenters. The summed E-state index contributed by atoms with van der Waals surface area (Å²) in [6, 6.07) is 4.57. The predicted molar refractivity (Wildman–Crippen MR) is 112 cm³/mol. The van der Waals surface area contributed by atoms with Crippen LogP contribution < -0.4 is 5.49 Å². The Morgan fingerprint density at radius 2 is 2.10 bits per heavy atom. The van der Waals surface area contributed by atoms with Gasteiger partial charge in [0.05, 0.1) is 27.3 Å². The molecule has 0 radical (unpaired) electrons. The lowest BCUT2D eigenvalue weighted by Gasteiger charge is -2.21. The summed E-state index contributed by atoms with van der Waals surface area (Å²) in [5, 5.41) is 37.0. The summed E-state index contributed by atoms with van der Waals surface area (Å²) in [7, 11) is 1.38. The van der Waals surface area contributed by atoms with E-state index in [2.05, 4.69) is 21.0 Å². The normalized spacial score (nSPS) is 25.0. The van der Waals surface area contributed by atoms with Crippen LogP contribution in [-0.2, 0) is 9.57 Å². The van der Waals surface area contributed by atoms with E-state index in [1.165, 1.54) is 30.1 Å². The average molecular weight is 465 g/mol. The third-order valence-electron chi connectivity index (χ3n) is 5.12. The Kier molecular flexibility index (Phi) is 5.94. The Labute approximate surface area is 186 Å². The molecule has 0 amide bonds. The van der Waals surface area contributed by atoms with Crippen LogP contribution in [-0.4, -0.2) is 55.3 Å². The third-order valence-corrected chi connectivity index (χ3v) is 5.86. The van der Waals surface area contributed by atoms with Crippen molar-refractivity contribution in [2.75, 3.05) is 7.11 Å². The summed E-state index contributed by atoms with van der Waals surface area (Å²) in [6.45, 7) is 0. The summed E-state index contributed by atoms with van der Waals surface area (Å²) in [5.74, 6) is 2.54. The molecule has 2 aromatic heterocycles. The van der Waals surface area contributed by atoms with Crippen molar-refractivity contribution < 1.29 is 24.9 Å². The molecule has 11 heteroatoms. The molecule has 1 aromatic carbocycles. The summed E-state index contributed by atoms with van der Waals surface area (Å²) >= 11 is 12.0. The molecular formula is C20H18Cl2N4O5. The Balaban J connectivity index is 1.74. The summed E-state index contributed by atoms with van der Waals surface area (Å²) < 4.78 is 7.41. The highest BCUT2D eigenvalue weighted by molar-refractivity contribution is 6.42. The van der Waals surface area contributed by atoms with Crippen LogP contribution in [0.4, 0.5) is 0 Å². The minimum atomic E-state index is -1.40. The first-order valence-electron chi connectivity index (χ1n) is 9.14. The van der Waals surface area contributed by atoms with E-state index in [0.29, 0.717) is 27.2 Å². The number of H-pyrrole nitrogens is 1. The van der Waals surface area contributed by atoms with E-state index in [9.17, 15) is 15.3 Å². The molecule has 1 aliphatic heterocycles. The first kappa shape index (κ1) is 21.6. The number of hydrogen-bond acceptors (Lipinski definition) is 7. The highest BCUT2D eigenvalue weighted by atomic mass is 35.5. The minimum Gasteiger partial charge on any atom is -0.397 e. The lowest BCUT2D eigenvalue weighted by Crippen LogP contribution is -2.34. The van der Waals surface area contributed by atoms with Gasteiger partial charge in [-0.05, 0) is 17.7 Å². The van der Waals surface area contributed by atoms with Crippen LogP contribution in [0.2, 0.25) is 10.0 Å². The highest BCUT2D eigenvalue weighted by Crippen LogP contribution is 2.38. The second kappa shape index (κ2) is 8.51. The fraction of sp³-hybridized carbons (Fsp3) is 0.300. The van der Waals surface area contributed by atoms with E-state index in [4.69, 9.17) is 39.2 Å². The van der Waals surface area contributed by atoms with Gasteiger partial charge in [-0.1, -0.05) is 40.3 Å². The summed E-state index contributed by atoms with van der Waals surface area (Å²) in [6.07, 6.45) is 2.33. The standard InChI is InChI=1S/C20H18Cl2N4O5/c1-3-9-7-26(19-13(9)18(25-30-2)23-8-24-19)20-16(29)15(28)17(31-20)14(27)10-4-5-11(21)12(22)6-10/h1,4-8,14-17,20,27-29H,2H3,(H,23,24,25)/t14-,15+,16-,17-,20-/m1/s1. The van der Waals surface area contributed by atoms with Crippen LogP contribution in [0, 0.1) is 12.3 Å². The maximum absolute atomic E-state index is 10.8. The van der Waals surface area contributed by atoms with Crippen LogP contribution in [0.15, 0.2) is 35.9 Å². The fourth-order valence-corrected chi connectivity index (χ4v) is 3.95. The quantitative estimate of drug-likeness (QED) is 0.342. The maximum Gasteiger partial charge on any atom is 0.205 e. The molecule has 162 valence electrons. The second-order valence-electron chi connectivity index (χ2n) is 6.91. The summed E-state index contributed by atoms with van der Waals surface area (Å²) in [5.41, 5.74) is 1.49. The highest BCUT2D eigenvalue weighted by Gasteiger charge is 2.47. The topological polar surface area (TPSA) is 125 Å². The number of fused-ring (bicyclic) bond motifs is 1. The van der Waals surface area contributed by atoms with Crippen LogP contribution in [0.3, 0.4) is 0 Å². The Morgan fingerprint density at radius 1 is 1.32 bits per heavy atom. The van der Waals surface area contributed by atoms with Crippen molar-refractivity contribution in [3.63, 3.8) is 0 Å². The van der Waals surface area contributed by atoms with E-state index in [-0.39, 0.29) is 10.5 Å². The van der Waals surface area contributed by atoms with Crippen molar-refractivity contribution in [3.05, 3.63) is 57.4 Å². The predicted octanol–water partition coefficient (Wildman–Crippen LogP) is 1.47. The number of rotatable bonds is 4. The number of ether oxygens (including phenoxy) is 1. The number of aromatic nitrogens is 3. The average Bonchev–Trinajstić information content (AvgIpc) is 3.28. The van der Waals surface area contributed by atoms with E-state index in [0.717, 1.165) is 0 Å². The Bertz CT molecular complexity index is 1230. The SMILES string of the molecule is C#Cc1cn([C@@H]2O[C@H]([C@H](O)c3ccc(Cl)c(Cl)c3)[C@@H](O)[C@H]2O)c2[nH]cn/c(=N\OC)c12. The van der Waals surface area contributed by atoms with E-state index in [1.807, 2.05) is 0 Å². The van der Waals surface area contributed by atoms with Gasteiger partial charge in [-0.25, -0.2) is 4.98 Å². The van der Waals surface area contributed by atoms with Crippen molar-refractivity contribution in [1.29, 1.82) is 0 Å². The molecule has 9 nitrogen and oxygen atoms in total. The molecule has 0 bridgehead atoms. The van der Waals surface area contributed by atoms with Crippen molar-refractivity contribution in [2.45, 2.75) is 30.6 Å². The minimum absolute atomic E-state index is 0.239. The molecule has 0 spiro atoms. The van der Waals surface area contributed by atoms with E-state index >= 15 is 0 Å². The van der Waals surface area contributed by atoms with Gasteiger partial charge in [0.2, 0.25) is 5.49 Å². The molecule has 1 aliphatic rings. The van der Waals surface area contributed by atoms with Crippen LogP contribution in [0.5, 0.6) is 0 Å². The van der Waals surface area contributed by atoms with Crippen molar-refractivity contribution in [2.24, 2.45) is 5.16 Å². The van der Waals surface area contributed by atoms with Gasteiger partial charge in [0, 0.05) is 6.20 Å². The molecule has 0 aliphatic carbocycles. The largest absolute Gasteiger partial charge is 0.397 e. The fourth-order valence-electron chi connectivity index (χ4n) is 3.65. The third kappa shape index (κ3) is 3.68. The van der Waals surface area contributed by atoms with Gasteiger partial charge < -0.3 is 34.4 Å². The van der Waals surface area contributed by atoms with Gasteiger partial charge in [-0.3, -0.25) is 0 Å². The van der Waals surface area contributed by atoms with Crippen molar-refractivity contribution in [1.82, 2.24) is 14.5 Å². The number of nitrogens with one attached hydrogen (secondary N) is 1. The number of aliphatic hydroxyl groups is 3. The number of aromatic amines is 1. The van der Waals surface area contributed by atoms with Crippen LogP contribution >= 0.6 is 23.2 Å². The maximum atomic E-state index is 10.8. The smallest absolute Gasteiger partial charge is 0.205 e. The lowest BCUT2D eigenvalue weighted by atomic mass is 9.99. The second-order valence-corrected chi connectivity index (χ2v) is 7.72. The van der Waals surface area contributed by atoms with Gasteiger partial charge in [0.15, 0.2) is 6.23 Å². The number of nitrogens with zero attached hydrogens (tertiary/aromatic N) is 3. The molecule has 1 fully saturated rings. The van der Waals surface area contributed by atoms with Crippen LogP contribution in [0.1, 0.15) is 23.5 Å². The molecule has 3 aromatic rings. The first-order chi connectivity index (χ1) is 14.9. The molecule has 1 saturated heterocycles. The lowest BCUT2D eigenvalue weighted by molar-refractivity contribution is -0.0848. The van der Waals surface area contributed by atoms with Crippen molar-refractivity contribution in [3.8, 4) is 12.3 Å². The number of terminal acetylenes is 1. The van der Waals surface area contributed by atoms with Gasteiger partial charge in [0.25, 0.3) is 0 Å². The van der Waals surface area contributed by atoms with Gasteiger partial charge in [-0.2, -0.15) is 0 Å². The number of hydrogen-bond donors (Lipinski definition) is 4.